The Morgan fingerprint density at radius 1 is 1.06 bits per heavy atom. The largest absolute Gasteiger partial charge is 0.481 e. The standard InChI is InChI=1S/C27H32N2O5/c1-17(2)25(26(32)29-13-7-8-18(15-29)14-24(30)31)28-27(33)34-16-23-21-11-5-3-9-19(21)20-10-4-6-12-22(20)23/h3-6,9-12,17-18,23,25H,7-8,13-16H2,1-2H3,(H,28,33)(H,30,31). The van der Waals surface area contributed by atoms with Crippen LogP contribution in [0.25, 0.3) is 11.1 Å². The fourth-order valence-corrected chi connectivity index (χ4v) is 5.16. The van der Waals surface area contributed by atoms with E-state index in [0.29, 0.717) is 13.1 Å². The molecule has 2 N–H and O–H groups in total. The first-order chi connectivity index (χ1) is 16.3. The predicted octanol–water partition coefficient (Wildman–Crippen LogP) is 4.26. The molecule has 2 aliphatic rings. The Morgan fingerprint density at radius 2 is 1.68 bits per heavy atom. The fourth-order valence-electron chi connectivity index (χ4n) is 5.16. The first-order valence-corrected chi connectivity index (χ1v) is 12.0. The second-order valence-electron chi connectivity index (χ2n) is 9.58. The second kappa shape index (κ2) is 10.3. The molecule has 1 fully saturated rings. The van der Waals surface area contributed by atoms with Gasteiger partial charge in [0.15, 0.2) is 0 Å². The zero-order chi connectivity index (χ0) is 24.2. The fraction of sp³-hybridized carbons (Fsp3) is 0.444. The molecule has 2 atom stereocenters. The maximum Gasteiger partial charge on any atom is 0.407 e. The number of alkyl carbamates (subject to hydrolysis) is 1. The molecule has 4 rings (SSSR count). The van der Waals surface area contributed by atoms with E-state index in [-0.39, 0.29) is 36.7 Å². The minimum atomic E-state index is -0.850. The smallest absolute Gasteiger partial charge is 0.407 e. The van der Waals surface area contributed by atoms with Crippen LogP contribution in [0.3, 0.4) is 0 Å². The lowest BCUT2D eigenvalue weighted by Gasteiger charge is -2.35. The zero-order valence-corrected chi connectivity index (χ0v) is 19.7. The van der Waals surface area contributed by atoms with Gasteiger partial charge in [-0.2, -0.15) is 0 Å². The Labute approximate surface area is 200 Å². The van der Waals surface area contributed by atoms with E-state index in [1.165, 1.54) is 0 Å². The number of likely N-dealkylation sites (tertiary alicyclic amines) is 1. The van der Waals surface area contributed by atoms with E-state index in [1.807, 2.05) is 38.1 Å². The Hall–Kier alpha value is -3.35. The van der Waals surface area contributed by atoms with Gasteiger partial charge in [0.05, 0.1) is 0 Å². The van der Waals surface area contributed by atoms with Gasteiger partial charge < -0.3 is 20.1 Å². The highest BCUT2D eigenvalue weighted by molar-refractivity contribution is 5.86. The monoisotopic (exact) mass is 464 g/mol. The summed E-state index contributed by atoms with van der Waals surface area (Å²) in [6.07, 6.45) is 0.991. The molecule has 0 spiro atoms. The van der Waals surface area contributed by atoms with Gasteiger partial charge in [-0.3, -0.25) is 9.59 Å². The lowest BCUT2D eigenvalue weighted by molar-refractivity contribution is -0.141. The van der Waals surface area contributed by atoms with E-state index in [4.69, 9.17) is 9.84 Å². The van der Waals surface area contributed by atoms with E-state index in [9.17, 15) is 14.4 Å². The Kier molecular flexibility index (Phi) is 7.20. The summed E-state index contributed by atoms with van der Waals surface area (Å²) in [5.41, 5.74) is 4.57. The number of aliphatic carboxylic acids is 1. The molecular weight excluding hydrogens is 432 g/mol. The lowest BCUT2D eigenvalue weighted by atomic mass is 9.93. The molecule has 0 radical (unpaired) electrons. The quantitative estimate of drug-likeness (QED) is 0.638. The van der Waals surface area contributed by atoms with E-state index >= 15 is 0 Å². The van der Waals surface area contributed by atoms with Crippen LogP contribution in [0.5, 0.6) is 0 Å². The molecule has 2 amide bonds. The van der Waals surface area contributed by atoms with Crippen LogP contribution < -0.4 is 5.32 Å². The molecule has 0 bridgehead atoms. The zero-order valence-electron chi connectivity index (χ0n) is 19.7. The first kappa shape index (κ1) is 23.8. The van der Waals surface area contributed by atoms with Crippen molar-refractivity contribution in [3.8, 4) is 11.1 Å². The summed E-state index contributed by atoms with van der Waals surface area (Å²) < 4.78 is 5.63. The van der Waals surface area contributed by atoms with Gasteiger partial charge in [-0.05, 0) is 46.9 Å². The van der Waals surface area contributed by atoms with Crippen molar-refractivity contribution in [3.63, 3.8) is 0 Å². The van der Waals surface area contributed by atoms with Gasteiger partial charge >= 0.3 is 12.1 Å². The molecule has 1 saturated heterocycles. The van der Waals surface area contributed by atoms with Crippen molar-refractivity contribution in [2.75, 3.05) is 19.7 Å². The van der Waals surface area contributed by atoms with E-state index in [2.05, 4.69) is 29.6 Å². The molecular formula is C27H32N2O5. The van der Waals surface area contributed by atoms with Crippen LogP contribution >= 0.6 is 0 Å². The number of fused-ring (bicyclic) bond motifs is 3. The third-order valence-electron chi connectivity index (χ3n) is 6.84. The van der Waals surface area contributed by atoms with Crippen LogP contribution in [-0.4, -0.2) is 53.7 Å². The topological polar surface area (TPSA) is 95.9 Å². The van der Waals surface area contributed by atoms with Crippen LogP contribution in [0.4, 0.5) is 4.79 Å². The molecule has 1 heterocycles. The predicted molar refractivity (Wildman–Crippen MR) is 128 cm³/mol. The summed E-state index contributed by atoms with van der Waals surface area (Å²) in [6, 6.07) is 15.5. The van der Waals surface area contributed by atoms with Gasteiger partial charge in [0, 0.05) is 25.4 Å². The minimum Gasteiger partial charge on any atom is -0.481 e. The molecule has 0 aromatic heterocycles. The van der Waals surface area contributed by atoms with Crippen molar-refractivity contribution in [1.82, 2.24) is 10.2 Å². The molecule has 7 nitrogen and oxygen atoms in total. The number of hydrogen-bond acceptors (Lipinski definition) is 4. The Morgan fingerprint density at radius 3 is 2.26 bits per heavy atom. The third kappa shape index (κ3) is 5.08. The summed E-state index contributed by atoms with van der Waals surface area (Å²) in [7, 11) is 0. The molecule has 1 aliphatic carbocycles. The van der Waals surface area contributed by atoms with Crippen molar-refractivity contribution in [2.24, 2.45) is 11.8 Å². The number of carbonyl (C=O) groups excluding carboxylic acids is 2. The number of carboxylic acids is 1. The summed E-state index contributed by atoms with van der Waals surface area (Å²) in [6.45, 7) is 4.92. The van der Waals surface area contributed by atoms with Gasteiger partial charge in [0.2, 0.25) is 5.91 Å². The van der Waals surface area contributed by atoms with Gasteiger partial charge in [-0.15, -0.1) is 0 Å². The summed E-state index contributed by atoms with van der Waals surface area (Å²) >= 11 is 0. The van der Waals surface area contributed by atoms with Gasteiger partial charge in [0.1, 0.15) is 12.6 Å². The lowest BCUT2D eigenvalue weighted by Crippen LogP contribution is -2.53. The van der Waals surface area contributed by atoms with Crippen molar-refractivity contribution in [2.45, 2.75) is 45.1 Å². The number of carbonyl (C=O) groups is 3. The maximum atomic E-state index is 13.2. The normalized spacial score (nSPS) is 18.2. The van der Waals surface area contributed by atoms with Crippen molar-refractivity contribution in [3.05, 3.63) is 59.7 Å². The van der Waals surface area contributed by atoms with E-state index < -0.39 is 18.1 Å². The van der Waals surface area contributed by atoms with Crippen molar-refractivity contribution in [1.29, 1.82) is 0 Å². The van der Waals surface area contributed by atoms with Crippen LogP contribution in [0.15, 0.2) is 48.5 Å². The summed E-state index contributed by atoms with van der Waals surface area (Å²) in [4.78, 5) is 38.7. The number of piperidine rings is 1. The number of ether oxygens (including phenoxy) is 1. The number of carboxylic acid groups (broad SMARTS) is 1. The average molecular weight is 465 g/mol. The highest BCUT2D eigenvalue weighted by atomic mass is 16.5. The third-order valence-corrected chi connectivity index (χ3v) is 6.84. The minimum absolute atomic E-state index is 0.0507. The Bertz CT molecular complexity index is 1020. The SMILES string of the molecule is CC(C)C(NC(=O)OCC1c2ccccc2-c2ccccc21)C(=O)N1CCCC(CC(=O)O)C1. The van der Waals surface area contributed by atoms with Crippen LogP contribution in [0.1, 0.15) is 50.2 Å². The summed E-state index contributed by atoms with van der Waals surface area (Å²) in [5.74, 6) is -1.27. The molecule has 2 unspecified atom stereocenters. The van der Waals surface area contributed by atoms with Gasteiger partial charge in [-0.1, -0.05) is 62.4 Å². The number of rotatable bonds is 7. The van der Waals surface area contributed by atoms with E-state index in [0.717, 1.165) is 35.1 Å². The van der Waals surface area contributed by atoms with Gasteiger partial charge in [0.25, 0.3) is 0 Å². The van der Waals surface area contributed by atoms with Crippen LogP contribution in [-0.2, 0) is 14.3 Å². The van der Waals surface area contributed by atoms with Crippen LogP contribution in [0.2, 0.25) is 0 Å². The van der Waals surface area contributed by atoms with Crippen molar-refractivity contribution >= 4 is 18.0 Å². The number of benzene rings is 2. The molecule has 2 aromatic rings. The number of nitrogens with one attached hydrogen (secondary N) is 1. The van der Waals surface area contributed by atoms with E-state index in [1.54, 1.807) is 4.90 Å². The highest BCUT2D eigenvalue weighted by Gasteiger charge is 2.34. The number of amides is 2. The summed E-state index contributed by atoms with van der Waals surface area (Å²) in [5, 5.41) is 11.9. The average Bonchev–Trinajstić information content (AvgIpc) is 3.14. The highest BCUT2D eigenvalue weighted by Crippen LogP contribution is 2.44. The first-order valence-electron chi connectivity index (χ1n) is 12.0. The number of hydrogen-bond donors (Lipinski definition) is 2. The van der Waals surface area contributed by atoms with Crippen molar-refractivity contribution < 1.29 is 24.2 Å². The number of nitrogens with zero attached hydrogens (tertiary/aromatic N) is 1. The molecule has 7 heteroatoms. The Balaban J connectivity index is 1.39. The molecule has 180 valence electrons. The molecule has 1 aliphatic heterocycles. The molecule has 0 saturated carbocycles. The second-order valence-corrected chi connectivity index (χ2v) is 9.58. The molecule has 34 heavy (non-hydrogen) atoms. The van der Waals surface area contributed by atoms with Crippen LogP contribution in [0, 0.1) is 11.8 Å². The van der Waals surface area contributed by atoms with Gasteiger partial charge in [-0.25, -0.2) is 4.79 Å². The molecule has 2 aromatic carbocycles. The maximum absolute atomic E-state index is 13.2.